The number of fused-ring (bicyclic) bond motifs is 1. The molecule has 1 amide bonds. The van der Waals surface area contributed by atoms with Crippen LogP contribution in [0.25, 0.3) is 0 Å². The van der Waals surface area contributed by atoms with E-state index >= 15 is 0 Å². The average Bonchev–Trinajstić information content (AvgIpc) is 3.41. The van der Waals surface area contributed by atoms with Gasteiger partial charge in [-0.15, -0.1) is 0 Å². The summed E-state index contributed by atoms with van der Waals surface area (Å²) >= 11 is 2.95. The fourth-order valence-electron chi connectivity index (χ4n) is 4.14. The number of thioether (sulfide) groups is 2. The molecular weight excluding hydrogens is 504 g/mol. The number of benzene rings is 3. The zero-order valence-electron chi connectivity index (χ0n) is 20.7. The van der Waals surface area contributed by atoms with Crippen molar-refractivity contribution in [1.29, 1.82) is 0 Å². The molecule has 7 nitrogen and oxygen atoms in total. The van der Waals surface area contributed by atoms with Gasteiger partial charge in [0.1, 0.15) is 4.91 Å². The molecule has 5 rings (SSSR count). The highest BCUT2D eigenvalue weighted by molar-refractivity contribution is 8.19. The molecule has 3 aromatic carbocycles. The minimum atomic E-state index is -0.439. The summed E-state index contributed by atoms with van der Waals surface area (Å²) in [5, 5.41) is 4.74. The van der Waals surface area contributed by atoms with E-state index in [4.69, 9.17) is 9.73 Å². The molecule has 0 atom stereocenters. The quantitative estimate of drug-likeness (QED) is 0.306. The van der Waals surface area contributed by atoms with Crippen molar-refractivity contribution in [2.24, 2.45) is 4.99 Å². The molecular formula is C28H26N4O3S2. The van der Waals surface area contributed by atoms with Crippen LogP contribution in [0.2, 0.25) is 0 Å². The average molecular weight is 531 g/mol. The summed E-state index contributed by atoms with van der Waals surface area (Å²) in [5.74, 6) is -0.533. The number of hydrogen-bond donors (Lipinski definition) is 1. The molecule has 3 aromatic rings. The molecule has 0 unspecified atom stereocenters. The van der Waals surface area contributed by atoms with E-state index in [2.05, 4.69) is 22.3 Å². The van der Waals surface area contributed by atoms with Gasteiger partial charge >= 0.3 is 5.97 Å². The third kappa shape index (κ3) is 4.97. The predicted octanol–water partition coefficient (Wildman–Crippen LogP) is 6.08. The Bertz CT molecular complexity index is 1420. The monoisotopic (exact) mass is 530 g/mol. The Labute approximate surface area is 224 Å². The zero-order chi connectivity index (χ0) is 25.9. The lowest BCUT2D eigenvalue weighted by Crippen LogP contribution is -2.29. The first kappa shape index (κ1) is 25.0. The van der Waals surface area contributed by atoms with Gasteiger partial charge in [0.15, 0.2) is 5.17 Å². The summed E-state index contributed by atoms with van der Waals surface area (Å²) in [4.78, 5) is 36.5. The molecule has 0 aromatic heterocycles. The van der Waals surface area contributed by atoms with Crippen LogP contribution < -0.4 is 10.2 Å². The van der Waals surface area contributed by atoms with Crippen LogP contribution in [-0.2, 0) is 16.1 Å². The number of rotatable bonds is 6. The smallest absolute Gasteiger partial charge is 0.337 e. The Morgan fingerprint density at radius 1 is 1.03 bits per heavy atom. The second-order valence-corrected chi connectivity index (χ2v) is 10.4. The van der Waals surface area contributed by atoms with Crippen LogP contribution >= 0.6 is 23.5 Å². The van der Waals surface area contributed by atoms with E-state index in [1.54, 1.807) is 28.8 Å². The van der Waals surface area contributed by atoms with Gasteiger partial charge in [-0.2, -0.15) is 0 Å². The SMILES string of the molecule is CCNc1ccc(C(=O)OC)cc1N=C1S/C(=C2/Sc3ccccc3N2C)C(=O)N1Cc1ccccc1. The molecule has 188 valence electrons. The van der Waals surface area contributed by atoms with Gasteiger partial charge in [-0.25, -0.2) is 9.79 Å². The van der Waals surface area contributed by atoms with E-state index in [-0.39, 0.29) is 5.91 Å². The Morgan fingerprint density at radius 2 is 1.78 bits per heavy atom. The number of methoxy groups -OCH3 is 1. The molecule has 1 fully saturated rings. The third-order valence-electron chi connectivity index (χ3n) is 5.98. The number of anilines is 2. The number of hydrogen-bond acceptors (Lipinski definition) is 8. The Kier molecular flexibility index (Phi) is 7.25. The van der Waals surface area contributed by atoms with E-state index in [1.165, 1.54) is 18.9 Å². The minimum Gasteiger partial charge on any atom is -0.465 e. The fraction of sp³-hybridized carbons (Fsp3) is 0.179. The van der Waals surface area contributed by atoms with Crippen molar-refractivity contribution in [3.8, 4) is 0 Å². The van der Waals surface area contributed by atoms with Crippen molar-refractivity contribution in [3.05, 3.63) is 93.9 Å². The van der Waals surface area contributed by atoms with E-state index in [1.807, 2.05) is 62.5 Å². The van der Waals surface area contributed by atoms with E-state index in [0.29, 0.717) is 34.4 Å². The molecule has 1 N–H and O–H groups in total. The van der Waals surface area contributed by atoms with Crippen molar-refractivity contribution in [3.63, 3.8) is 0 Å². The largest absolute Gasteiger partial charge is 0.465 e. The maximum Gasteiger partial charge on any atom is 0.337 e. The first-order chi connectivity index (χ1) is 18.0. The molecule has 2 heterocycles. The van der Waals surface area contributed by atoms with Gasteiger partial charge in [-0.3, -0.25) is 9.69 Å². The molecule has 1 saturated heterocycles. The van der Waals surface area contributed by atoms with Crippen molar-refractivity contribution >= 4 is 57.6 Å². The standard InChI is InChI=1S/C28H26N4O3S2/c1-4-29-20-15-14-19(27(34)35-3)16-21(20)30-28-32(17-18-10-6-5-7-11-18)25(33)24(37-28)26-31(2)22-12-8-9-13-23(22)36-26/h5-16,29H,4,17H2,1-3H3/b26-24+,30-28?. The van der Waals surface area contributed by atoms with Crippen molar-refractivity contribution in [2.45, 2.75) is 18.4 Å². The Hall–Kier alpha value is -3.69. The number of esters is 1. The predicted molar refractivity (Wildman–Crippen MR) is 151 cm³/mol. The maximum atomic E-state index is 13.9. The molecule has 0 aliphatic carbocycles. The number of carbonyl (C=O) groups is 2. The third-order valence-corrected chi connectivity index (χ3v) is 8.41. The molecule has 2 aliphatic heterocycles. The summed E-state index contributed by atoms with van der Waals surface area (Å²) in [5.41, 5.74) is 3.81. The van der Waals surface area contributed by atoms with Crippen LogP contribution in [0.3, 0.4) is 0 Å². The first-order valence-corrected chi connectivity index (χ1v) is 13.5. The Morgan fingerprint density at radius 3 is 2.51 bits per heavy atom. The summed E-state index contributed by atoms with van der Waals surface area (Å²) in [6.45, 7) is 3.06. The maximum absolute atomic E-state index is 13.9. The van der Waals surface area contributed by atoms with Gasteiger partial charge < -0.3 is 15.0 Å². The van der Waals surface area contributed by atoms with Crippen LogP contribution in [0.15, 0.2) is 92.6 Å². The summed E-state index contributed by atoms with van der Waals surface area (Å²) in [6.07, 6.45) is 0. The van der Waals surface area contributed by atoms with E-state index in [9.17, 15) is 9.59 Å². The molecule has 0 radical (unpaired) electrons. The van der Waals surface area contributed by atoms with Crippen LogP contribution in [0.5, 0.6) is 0 Å². The van der Waals surface area contributed by atoms with Crippen LogP contribution in [0, 0.1) is 0 Å². The lowest BCUT2D eigenvalue weighted by Gasteiger charge is -2.17. The molecule has 2 aliphatic rings. The highest BCUT2D eigenvalue weighted by Gasteiger charge is 2.39. The van der Waals surface area contributed by atoms with E-state index in [0.717, 1.165) is 26.9 Å². The lowest BCUT2D eigenvalue weighted by molar-refractivity contribution is -0.122. The highest BCUT2D eigenvalue weighted by Crippen LogP contribution is 2.50. The normalized spacial score (nSPS) is 17.9. The lowest BCUT2D eigenvalue weighted by atomic mass is 10.1. The van der Waals surface area contributed by atoms with Gasteiger partial charge in [-0.1, -0.05) is 54.2 Å². The second kappa shape index (κ2) is 10.7. The van der Waals surface area contributed by atoms with Gasteiger partial charge in [0.25, 0.3) is 5.91 Å². The van der Waals surface area contributed by atoms with Gasteiger partial charge in [0, 0.05) is 18.5 Å². The van der Waals surface area contributed by atoms with Crippen LogP contribution in [0.1, 0.15) is 22.8 Å². The number of ether oxygens (including phenoxy) is 1. The Balaban J connectivity index is 1.60. The fourth-order valence-corrected chi connectivity index (χ4v) is 6.47. The summed E-state index contributed by atoms with van der Waals surface area (Å²) in [6, 6.07) is 23.2. The number of carbonyl (C=O) groups excluding carboxylic acids is 2. The van der Waals surface area contributed by atoms with E-state index < -0.39 is 5.97 Å². The summed E-state index contributed by atoms with van der Waals surface area (Å²) < 4.78 is 4.91. The first-order valence-electron chi connectivity index (χ1n) is 11.8. The minimum absolute atomic E-state index is 0.0936. The number of amidine groups is 1. The number of nitrogens with one attached hydrogen (secondary N) is 1. The summed E-state index contributed by atoms with van der Waals surface area (Å²) in [7, 11) is 3.33. The molecule has 0 spiro atoms. The number of aliphatic imine (C=N–C) groups is 1. The molecule has 37 heavy (non-hydrogen) atoms. The molecule has 0 saturated carbocycles. The van der Waals surface area contributed by atoms with Crippen molar-refractivity contribution < 1.29 is 14.3 Å². The van der Waals surface area contributed by atoms with Gasteiger partial charge in [0.05, 0.1) is 41.3 Å². The topological polar surface area (TPSA) is 74.2 Å². The highest BCUT2D eigenvalue weighted by atomic mass is 32.2. The molecule has 0 bridgehead atoms. The molecule has 9 heteroatoms. The van der Waals surface area contributed by atoms with Crippen molar-refractivity contribution in [1.82, 2.24) is 4.90 Å². The van der Waals surface area contributed by atoms with Gasteiger partial charge in [-0.05, 0) is 54.6 Å². The van der Waals surface area contributed by atoms with Gasteiger partial charge in [0.2, 0.25) is 0 Å². The number of amides is 1. The number of para-hydroxylation sites is 1. The number of nitrogens with zero attached hydrogens (tertiary/aromatic N) is 3. The van der Waals surface area contributed by atoms with Crippen molar-refractivity contribution in [2.75, 3.05) is 30.9 Å². The second-order valence-electron chi connectivity index (χ2n) is 8.39. The van der Waals surface area contributed by atoms with Crippen LogP contribution in [-0.4, -0.2) is 42.6 Å². The zero-order valence-corrected chi connectivity index (χ0v) is 22.4. The van der Waals surface area contributed by atoms with Crippen LogP contribution in [0.4, 0.5) is 17.1 Å².